The van der Waals surface area contributed by atoms with Crippen molar-refractivity contribution in [1.82, 2.24) is 10.2 Å². The van der Waals surface area contributed by atoms with Crippen molar-refractivity contribution in [2.45, 2.75) is 56.3 Å². The number of fused-ring (bicyclic) bond motifs is 3. The number of amides is 2. The highest BCUT2D eigenvalue weighted by Crippen LogP contribution is 2.58. The normalized spacial score (nSPS) is 24.1. The summed E-state index contributed by atoms with van der Waals surface area (Å²) in [6.45, 7) is 8.03. The van der Waals surface area contributed by atoms with E-state index in [0.717, 1.165) is 12.0 Å². The predicted octanol–water partition coefficient (Wildman–Crippen LogP) is 2.97. The van der Waals surface area contributed by atoms with Crippen LogP contribution in [0.4, 0.5) is 0 Å². The standard InChI is InChI=1S/C19H26N2O4S/c1-7-10(2)20-16(22)15-19(3,4)26-18-11-8-9-12(24-5)14(25-6)13(11)17(23)21(15)18/h8-10,15,18H,7H2,1-6H3,(H,20,22)/t10-,15+,18-/m0/s1. The molecule has 26 heavy (non-hydrogen) atoms. The molecule has 0 aromatic heterocycles. The molecule has 3 rings (SSSR count). The molecule has 0 radical (unpaired) electrons. The third-order valence-corrected chi connectivity index (χ3v) is 6.68. The minimum atomic E-state index is -0.540. The first-order valence-corrected chi connectivity index (χ1v) is 9.70. The fraction of sp³-hybridized carbons (Fsp3) is 0.579. The molecule has 3 atom stereocenters. The van der Waals surface area contributed by atoms with Crippen molar-refractivity contribution in [3.05, 3.63) is 23.3 Å². The van der Waals surface area contributed by atoms with Crippen LogP contribution in [0.5, 0.6) is 11.5 Å². The molecule has 0 saturated carbocycles. The Bertz CT molecular complexity index is 749. The Hall–Kier alpha value is -1.89. The molecular weight excluding hydrogens is 352 g/mol. The number of nitrogens with one attached hydrogen (secondary N) is 1. The molecule has 0 unspecified atom stereocenters. The zero-order chi connectivity index (χ0) is 19.2. The van der Waals surface area contributed by atoms with E-state index in [1.807, 2.05) is 39.8 Å². The highest BCUT2D eigenvalue weighted by Gasteiger charge is 2.58. The lowest BCUT2D eigenvalue weighted by Gasteiger charge is -2.30. The van der Waals surface area contributed by atoms with Crippen molar-refractivity contribution >= 4 is 23.6 Å². The maximum atomic E-state index is 13.3. The Balaban J connectivity index is 2.04. The molecule has 0 spiro atoms. The smallest absolute Gasteiger partial charge is 0.260 e. The number of rotatable bonds is 5. The number of carbonyl (C=O) groups excluding carboxylic acids is 2. The Labute approximate surface area is 158 Å². The van der Waals surface area contributed by atoms with Crippen LogP contribution in [0.1, 0.15) is 55.4 Å². The third-order valence-electron chi connectivity index (χ3n) is 5.15. The molecule has 2 amide bonds. The number of nitrogens with zero attached hydrogens (tertiary/aromatic N) is 1. The maximum absolute atomic E-state index is 13.3. The molecule has 0 aliphatic carbocycles. The average molecular weight is 378 g/mol. The van der Waals surface area contributed by atoms with Crippen LogP contribution in [-0.4, -0.2) is 47.8 Å². The van der Waals surface area contributed by atoms with Gasteiger partial charge in [-0.3, -0.25) is 9.59 Å². The quantitative estimate of drug-likeness (QED) is 0.853. The molecule has 7 heteroatoms. The molecule has 1 N–H and O–H groups in total. The van der Waals surface area contributed by atoms with Gasteiger partial charge in [0, 0.05) is 16.4 Å². The lowest BCUT2D eigenvalue weighted by atomic mass is 10.00. The van der Waals surface area contributed by atoms with Gasteiger partial charge in [0.2, 0.25) is 5.91 Å². The van der Waals surface area contributed by atoms with E-state index in [1.165, 1.54) is 7.11 Å². The van der Waals surface area contributed by atoms with E-state index in [2.05, 4.69) is 5.32 Å². The van der Waals surface area contributed by atoms with Gasteiger partial charge in [0.05, 0.1) is 19.8 Å². The van der Waals surface area contributed by atoms with E-state index in [4.69, 9.17) is 9.47 Å². The molecule has 0 bridgehead atoms. The lowest BCUT2D eigenvalue weighted by Crippen LogP contribution is -2.54. The van der Waals surface area contributed by atoms with Crippen LogP contribution in [-0.2, 0) is 4.79 Å². The minimum Gasteiger partial charge on any atom is -0.493 e. The molecule has 1 saturated heterocycles. The van der Waals surface area contributed by atoms with Crippen molar-refractivity contribution in [1.29, 1.82) is 0 Å². The van der Waals surface area contributed by atoms with Crippen LogP contribution in [0.15, 0.2) is 12.1 Å². The fourth-order valence-corrected chi connectivity index (χ4v) is 5.26. The van der Waals surface area contributed by atoms with Gasteiger partial charge in [-0.1, -0.05) is 13.0 Å². The molecule has 6 nitrogen and oxygen atoms in total. The van der Waals surface area contributed by atoms with Gasteiger partial charge < -0.3 is 19.7 Å². The summed E-state index contributed by atoms with van der Waals surface area (Å²) in [5.41, 5.74) is 1.38. The molecule has 1 aromatic carbocycles. The summed E-state index contributed by atoms with van der Waals surface area (Å²) >= 11 is 1.64. The lowest BCUT2D eigenvalue weighted by molar-refractivity contribution is -0.126. The van der Waals surface area contributed by atoms with Crippen LogP contribution in [0.25, 0.3) is 0 Å². The van der Waals surface area contributed by atoms with E-state index in [1.54, 1.807) is 23.8 Å². The molecule has 1 aromatic rings. The monoisotopic (exact) mass is 378 g/mol. The van der Waals surface area contributed by atoms with Gasteiger partial charge in [-0.25, -0.2) is 0 Å². The topological polar surface area (TPSA) is 67.9 Å². The summed E-state index contributed by atoms with van der Waals surface area (Å²) < 4.78 is 10.4. The van der Waals surface area contributed by atoms with Gasteiger partial charge in [-0.05, 0) is 33.3 Å². The summed E-state index contributed by atoms with van der Waals surface area (Å²) in [6, 6.07) is 3.24. The van der Waals surface area contributed by atoms with Crippen molar-refractivity contribution in [3.8, 4) is 11.5 Å². The van der Waals surface area contributed by atoms with Crippen molar-refractivity contribution in [2.75, 3.05) is 14.2 Å². The van der Waals surface area contributed by atoms with Gasteiger partial charge in [-0.2, -0.15) is 0 Å². The van der Waals surface area contributed by atoms with Gasteiger partial charge in [0.25, 0.3) is 5.91 Å². The number of hydrogen-bond acceptors (Lipinski definition) is 5. The largest absolute Gasteiger partial charge is 0.493 e. The predicted molar refractivity (Wildman–Crippen MR) is 102 cm³/mol. The third kappa shape index (κ3) is 2.73. The highest BCUT2D eigenvalue weighted by atomic mass is 32.2. The average Bonchev–Trinajstić information content (AvgIpc) is 3.03. The summed E-state index contributed by atoms with van der Waals surface area (Å²) in [5.74, 6) is 0.670. The molecule has 1 fully saturated rings. The van der Waals surface area contributed by atoms with E-state index >= 15 is 0 Å². The van der Waals surface area contributed by atoms with E-state index in [9.17, 15) is 9.59 Å². The number of benzene rings is 1. The van der Waals surface area contributed by atoms with Gasteiger partial charge in [0.1, 0.15) is 11.4 Å². The molecule has 2 aliphatic rings. The van der Waals surface area contributed by atoms with Crippen LogP contribution in [0.3, 0.4) is 0 Å². The first-order valence-electron chi connectivity index (χ1n) is 8.82. The number of ether oxygens (including phenoxy) is 2. The zero-order valence-corrected chi connectivity index (χ0v) is 16.9. The minimum absolute atomic E-state index is 0.0667. The van der Waals surface area contributed by atoms with Gasteiger partial charge >= 0.3 is 0 Å². The van der Waals surface area contributed by atoms with E-state index < -0.39 is 6.04 Å². The molecule has 142 valence electrons. The zero-order valence-electron chi connectivity index (χ0n) is 16.1. The first-order chi connectivity index (χ1) is 12.3. The maximum Gasteiger partial charge on any atom is 0.260 e. The number of methoxy groups -OCH3 is 2. The summed E-state index contributed by atoms with van der Waals surface area (Å²) in [7, 11) is 3.07. The molecule has 2 aliphatic heterocycles. The second-order valence-electron chi connectivity index (χ2n) is 7.27. The molecule has 2 heterocycles. The van der Waals surface area contributed by atoms with Gasteiger partial charge in [-0.15, -0.1) is 11.8 Å². The second kappa shape index (κ2) is 6.68. The van der Waals surface area contributed by atoms with Crippen molar-refractivity contribution < 1.29 is 19.1 Å². The Morgan fingerprint density at radius 1 is 1.35 bits per heavy atom. The van der Waals surface area contributed by atoms with Crippen molar-refractivity contribution in [2.24, 2.45) is 0 Å². The van der Waals surface area contributed by atoms with Crippen LogP contribution in [0, 0.1) is 0 Å². The molecular formula is C19H26N2O4S. The van der Waals surface area contributed by atoms with Crippen LogP contribution in [0.2, 0.25) is 0 Å². The Morgan fingerprint density at radius 3 is 2.62 bits per heavy atom. The Morgan fingerprint density at radius 2 is 2.04 bits per heavy atom. The van der Waals surface area contributed by atoms with Crippen LogP contribution < -0.4 is 14.8 Å². The summed E-state index contributed by atoms with van der Waals surface area (Å²) in [4.78, 5) is 28.0. The SMILES string of the molecule is CC[C@H](C)NC(=O)[C@H]1N2C(=O)c3c(ccc(OC)c3OC)[C@@H]2SC1(C)C. The fourth-order valence-electron chi connectivity index (χ4n) is 3.68. The highest BCUT2D eigenvalue weighted by molar-refractivity contribution is 8.01. The van der Waals surface area contributed by atoms with Crippen LogP contribution >= 0.6 is 11.8 Å². The Kier molecular flexibility index (Phi) is 4.86. The number of hydrogen-bond donors (Lipinski definition) is 1. The van der Waals surface area contributed by atoms with E-state index in [0.29, 0.717) is 17.1 Å². The number of thioether (sulfide) groups is 1. The van der Waals surface area contributed by atoms with Crippen molar-refractivity contribution in [3.63, 3.8) is 0 Å². The van der Waals surface area contributed by atoms with E-state index in [-0.39, 0.29) is 28.0 Å². The van der Waals surface area contributed by atoms with Gasteiger partial charge in [0.15, 0.2) is 11.5 Å². The first kappa shape index (κ1) is 18.9. The summed E-state index contributed by atoms with van der Waals surface area (Å²) in [6.07, 6.45) is 0.842. The second-order valence-corrected chi connectivity index (χ2v) is 9.01. The number of carbonyl (C=O) groups is 2. The summed E-state index contributed by atoms with van der Waals surface area (Å²) in [5, 5.41) is 2.84.